The van der Waals surface area contributed by atoms with Gasteiger partial charge in [-0.2, -0.15) is 0 Å². The molecule has 0 fully saturated rings. The molecular formula is C13H11ClFN3S. The molecular weight excluding hydrogens is 285 g/mol. The Morgan fingerprint density at radius 1 is 1.37 bits per heavy atom. The van der Waals surface area contributed by atoms with Crippen LogP contribution in [0.5, 0.6) is 0 Å². The van der Waals surface area contributed by atoms with Crippen molar-refractivity contribution in [3.05, 3.63) is 46.4 Å². The number of aromatic nitrogens is 3. The van der Waals surface area contributed by atoms with Gasteiger partial charge >= 0.3 is 0 Å². The lowest BCUT2D eigenvalue weighted by Crippen LogP contribution is -2.05. The van der Waals surface area contributed by atoms with Crippen molar-refractivity contribution in [2.45, 2.75) is 18.8 Å². The Bertz CT molecular complexity index is 693. The van der Waals surface area contributed by atoms with Gasteiger partial charge in [-0.05, 0) is 18.2 Å². The van der Waals surface area contributed by atoms with Gasteiger partial charge in [0, 0.05) is 24.5 Å². The smallest absolute Gasteiger partial charge is 0.125 e. The van der Waals surface area contributed by atoms with Crippen LogP contribution in [0.2, 0.25) is 0 Å². The van der Waals surface area contributed by atoms with E-state index in [1.165, 1.54) is 12.1 Å². The summed E-state index contributed by atoms with van der Waals surface area (Å²) in [6.45, 7) is 0.704. The molecule has 0 atom stereocenters. The Morgan fingerprint density at radius 2 is 2.26 bits per heavy atom. The summed E-state index contributed by atoms with van der Waals surface area (Å²) in [5.74, 6) is 0.816. The molecule has 2 heterocycles. The number of thiazole rings is 1. The number of benzene rings is 1. The van der Waals surface area contributed by atoms with Crippen LogP contribution < -0.4 is 0 Å². The maximum absolute atomic E-state index is 13.4. The number of fused-ring (bicyclic) bond motifs is 1. The minimum atomic E-state index is -0.260. The number of hydrogen-bond acceptors (Lipinski definition) is 3. The SMILES string of the molecule is Fc1ccc2nc(CCl)n(CCc3nccs3)c2c1. The second-order valence-corrected chi connectivity index (χ2v) is 5.37. The summed E-state index contributed by atoms with van der Waals surface area (Å²) in [7, 11) is 0. The van der Waals surface area contributed by atoms with Gasteiger partial charge in [0.1, 0.15) is 11.6 Å². The predicted molar refractivity (Wildman–Crippen MR) is 75.1 cm³/mol. The van der Waals surface area contributed by atoms with E-state index in [0.717, 1.165) is 28.3 Å². The van der Waals surface area contributed by atoms with Gasteiger partial charge in [-0.15, -0.1) is 22.9 Å². The lowest BCUT2D eigenvalue weighted by Gasteiger charge is -2.06. The number of nitrogens with zero attached hydrogens (tertiary/aromatic N) is 3. The molecule has 0 aliphatic carbocycles. The summed E-state index contributed by atoms with van der Waals surface area (Å²) in [5.41, 5.74) is 1.56. The monoisotopic (exact) mass is 295 g/mol. The topological polar surface area (TPSA) is 30.7 Å². The molecule has 0 amide bonds. The maximum Gasteiger partial charge on any atom is 0.125 e. The summed E-state index contributed by atoms with van der Waals surface area (Å²) in [5, 5.41) is 3.00. The van der Waals surface area contributed by atoms with E-state index in [1.54, 1.807) is 23.6 Å². The molecule has 2 aromatic heterocycles. The Labute approximate surface area is 118 Å². The van der Waals surface area contributed by atoms with Crippen LogP contribution in [-0.4, -0.2) is 14.5 Å². The number of aryl methyl sites for hydroxylation is 2. The van der Waals surface area contributed by atoms with Gasteiger partial charge in [0.05, 0.1) is 21.9 Å². The molecule has 3 aromatic rings. The van der Waals surface area contributed by atoms with Gasteiger partial charge in [0.25, 0.3) is 0 Å². The number of halogens is 2. The van der Waals surface area contributed by atoms with Gasteiger partial charge in [0.15, 0.2) is 0 Å². The highest BCUT2D eigenvalue weighted by molar-refractivity contribution is 7.09. The van der Waals surface area contributed by atoms with Gasteiger partial charge in [0.2, 0.25) is 0 Å². The fourth-order valence-corrected chi connectivity index (χ4v) is 2.89. The zero-order chi connectivity index (χ0) is 13.2. The fraction of sp³-hybridized carbons (Fsp3) is 0.231. The molecule has 3 nitrogen and oxygen atoms in total. The molecule has 19 heavy (non-hydrogen) atoms. The zero-order valence-electron chi connectivity index (χ0n) is 10.0. The molecule has 0 N–H and O–H groups in total. The second kappa shape index (κ2) is 5.27. The van der Waals surface area contributed by atoms with Gasteiger partial charge < -0.3 is 4.57 Å². The van der Waals surface area contributed by atoms with E-state index < -0.39 is 0 Å². The molecule has 0 unspecified atom stereocenters. The first-order valence-corrected chi connectivity index (χ1v) is 7.28. The van der Waals surface area contributed by atoms with Crippen molar-refractivity contribution in [2.75, 3.05) is 0 Å². The summed E-state index contributed by atoms with van der Waals surface area (Å²) >= 11 is 7.53. The Hall–Kier alpha value is -1.46. The van der Waals surface area contributed by atoms with E-state index in [9.17, 15) is 4.39 Å². The van der Waals surface area contributed by atoms with Gasteiger partial charge in [-0.1, -0.05) is 0 Å². The van der Waals surface area contributed by atoms with Crippen LogP contribution in [0.4, 0.5) is 4.39 Å². The van der Waals surface area contributed by atoms with Crippen molar-refractivity contribution in [1.82, 2.24) is 14.5 Å². The van der Waals surface area contributed by atoms with E-state index in [2.05, 4.69) is 9.97 Å². The molecule has 0 saturated carbocycles. The third kappa shape index (κ3) is 2.48. The van der Waals surface area contributed by atoms with Crippen molar-refractivity contribution in [2.24, 2.45) is 0 Å². The maximum atomic E-state index is 13.4. The summed E-state index contributed by atoms with van der Waals surface area (Å²) in [6, 6.07) is 4.60. The van der Waals surface area contributed by atoms with Crippen LogP contribution in [0.15, 0.2) is 29.8 Å². The molecule has 0 bridgehead atoms. The summed E-state index contributed by atoms with van der Waals surface area (Å²) in [6.07, 6.45) is 2.58. The third-order valence-electron chi connectivity index (χ3n) is 2.94. The van der Waals surface area contributed by atoms with Gasteiger partial charge in [-0.25, -0.2) is 14.4 Å². The van der Waals surface area contributed by atoms with Crippen molar-refractivity contribution in [3.8, 4) is 0 Å². The van der Waals surface area contributed by atoms with Crippen molar-refractivity contribution >= 4 is 34.0 Å². The van der Waals surface area contributed by atoms with Crippen LogP contribution in [0.3, 0.4) is 0 Å². The quantitative estimate of drug-likeness (QED) is 0.688. The average Bonchev–Trinajstić information content (AvgIpc) is 3.03. The highest BCUT2D eigenvalue weighted by atomic mass is 35.5. The van der Waals surface area contributed by atoms with E-state index in [1.807, 2.05) is 9.95 Å². The van der Waals surface area contributed by atoms with E-state index in [4.69, 9.17) is 11.6 Å². The largest absolute Gasteiger partial charge is 0.326 e. The fourth-order valence-electron chi connectivity index (χ4n) is 2.08. The molecule has 0 saturated heterocycles. The highest BCUT2D eigenvalue weighted by Gasteiger charge is 2.11. The summed E-state index contributed by atoms with van der Waals surface area (Å²) < 4.78 is 15.3. The first kappa shape index (κ1) is 12.6. The lowest BCUT2D eigenvalue weighted by molar-refractivity contribution is 0.626. The Morgan fingerprint density at radius 3 is 3.00 bits per heavy atom. The number of imidazole rings is 1. The third-order valence-corrected chi connectivity index (χ3v) is 4.02. The Kier molecular flexibility index (Phi) is 3.48. The second-order valence-electron chi connectivity index (χ2n) is 4.12. The number of alkyl halides is 1. The van der Waals surface area contributed by atoms with Crippen LogP contribution in [0.1, 0.15) is 10.8 Å². The minimum Gasteiger partial charge on any atom is -0.326 e. The van der Waals surface area contributed by atoms with Crippen LogP contribution >= 0.6 is 22.9 Å². The molecule has 0 radical (unpaired) electrons. The van der Waals surface area contributed by atoms with E-state index in [-0.39, 0.29) is 5.82 Å². The first-order chi connectivity index (χ1) is 9.28. The molecule has 0 aliphatic rings. The highest BCUT2D eigenvalue weighted by Crippen LogP contribution is 2.20. The number of hydrogen-bond donors (Lipinski definition) is 0. The van der Waals surface area contributed by atoms with Crippen molar-refractivity contribution in [3.63, 3.8) is 0 Å². The van der Waals surface area contributed by atoms with Crippen molar-refractivity contribution in [1.29, 1.82) is 0 Å². The average molecular weight is 296 g/mol. The Balaban J connectivity index is 1.97. The van der Waals surface area contributed by atoms with Gasteiger partial charge in [-0.3, -0.25) is 0 Å². The molecule has 0 aliphatic heterocycles. The van der Waals surface area contributed by atoms with Crippen LogP contribution in [0, 0.1) is 5.82 Å². The predicted octanol–water partition coefficient (Wildman–Crippen LogP) is 3.61. The van der Waals surface area contributed by atoms with Crippen molar-refractivity contribution < 1.29 is 4.39 Å². The normalized spacial score (nSPS) is 11.3. The lowest BCUT2D eigenvalue weighted by atomic mass is 10.3. The molecule has 98 valence electrons. The van der Waals surface area contributed by atoms with Crippen LogP contribution in [-0.2, 0) is 18.8 Å². The summed E-state index contributed by atoms with van der Waals surface area (Å²) in [4.78, 5) is 8.67. The van der Waals surface area contributed by atoms with Crippen LogP contribution in [0.25, 0.3) is 11.0 Å². The van der Waals surface area contributed by atoms with E-state index in [0.29, 0.717) is 12.4 Å². The first-order valence-electron chi connectivity index (χ1n) is 5.87. The minimum absolute atomic E-state index is 0.260. The molecule has 6 heteroatoms. The molecule has 0 spiro atoms. The number of rotatable bonds is 4. The molecule has 3 rings (SSSR count). The van der Waals surface area contributed by atoms with E-state index >= 15 is 0 Å². The zero-order valence-corrected chi connectivity index (χ0v) is 11.6. The standard InChI is InChI=1S/C13H11ClFN3S/c14-8-12-17-10-2-1-9(15)7-11(10)18(12)5-3-13-16-4-6-19-13/h1-2,4,6-7H,3,5,8H2. The molecule has 1 aromatic carbocycles.